The summed E-state index contributed by atoms with van der Waals surface area (Å²) in [5.41, 5.74) is 1.67. The first-order chi connectivity index (χ1) is 13.6. The Hall–Kier alpha value is -1.76. The average molecular weight is 501 g/mol. The summed E-state index contributed by atoms with van der Waals surface area (Å²) in [4.78, 5) is 25.2. The van der Waals surface area contributed by atoms with Crippen molar-refractivity contribution < 1.29 is 19.1 Å². The van der Waals surface area contributed by atoms with Crippen LogP contribution in [0.3, 0.4) is 0 Å². The fourth-order valence-electron chi connectivity index (χ4n) is 3.37. The lowest BCUT2D eigenvalue weighted by Gasteiger charge is -2.19. The van der Waals surface area contributed by atoms with Crippen LogP contribution in [0, 0.1) is 0 Å². The number of rotatable bonds is 5. The first-order valence-corrected chi connectivity index (χ1v) is 10.5. The molecule has 1 atom stereocenters. The number of ether oxygens (including phenoxy) is 2. The van der Waals surface area contributed by atoms with Gasteiger partial charge in [-0.1, -0.05) is 35.3 Å². The van der Waals surface area contributed by atoms with Crippen LogP contribution in [0.25, 0.3) is 0 Å². The molecule has 0 aliphatic carbocycles. The molecular formula is C21H20BrCl2NO4. The van der Waals surface area contributed by atoms with Crippen molar-refractivity contribution in [3.63, 3.8) is 0 Å². The second-order valence-corrected chi connectivity index (χ2v) is 9.07. The van der Waals surface area contributed by atoms with Gasteiger partial charge in [0.1, 0.15) is 17.4 Å². The highest BCUT2D eigenvalue weighted by molar-refractivity contribution is 9.10. The van der Waals surface area contributed by atoms with Gasteiger partial charge in [-0.3, -0.25) is 4.79 Å². The molecule has 2 aromatic carbocycles. The van der Waals surface area contributed by atoms with Crippen molar-refractivity contribution in [1.29, 1.82) is 0 Å². The van der Waals surface area contributed by atoms with Crippen LogP contribution >= 0.6 is 39.1 Å². The zero-order valence-electron chi connectivity index (χ0n) is 16.1. The van der Waals surface area contributed by atoms with E-state index in [1.165, 1.54) is 7.11 Å². The summed E-state index contributed by atoms with van der Waals surface area (Å²) in [5, 5.41) is 3.12. The van der Waals surface area contributed by atoms with Gasteiger partial charge in [0.15, 0.2) is 0 Å². The monoisotopic (exact) mass is 499 g/mol. The van der Waals surface area contributed by atoms with Crippen molar-refractivity contribution in [3.05, 3.63) is 61.5 Å². The number of benzene rings is 2. The molecule has 0 aromatic heterocycles. The summed E-state index contributed by atoms with van der Waals surface area (Å²) in [5.74, 6) is -0.339. The van der Waals surface area contributed by atoms with E-state index in [-0.39, 0.29) is 27.6 Å². The van der Waals surface area contributed by atoms with E-state index in [0.717, 1.165) is 21.3 Å². The minimum atomic E-state index is -0.908. The Labute approximate surface area is 187 Å². The van der Waals surface area contributed by atoms with Gasteiger partial charge in [0.05, 0.1) is 27.2 Å². The van der Waals surface area contributed by atoms with E-state index in [0.29, 0.717) is 6.42 Å². The number of halogens is 3. The number of amides is 1. The zero-order chi connectivity index (χ0) is 21.3. The van der Waals surface area contributed by atoms with Gasteiger partial charge in [-0.2, -0.15) is 0 Å². The van der Waals surface area contributed by atoms with Gasteiger partial charge < -0.3 is 14.8 Å². The van der Waals surface area contributed by atoms with E-state index in [9.17, 15) is 9.59 Å². The average Bonchev–Trinajstić information content (AvgIpc) is 2.98. The second-order valence-electron chi connectivity index (χ2n) is 7.40. The first-order valence-electron chi connectivity index (χ1n) is 8.95. The molecule has 1 aliphatic heterocycles. The number of carbonyl (C=O) groups is 2. The number of carbonyl (C=O) groups excluding carboxylic acids is 2. The van der Waals surface area contributed by atoms with E-state index in [4.69, 9.17) is 32.7 Å². The third-order valence-corrected chi connectivity index (χ3v) is 5.95. The predicted molar refractivity (Wildman–Crippen MR) is 116 cm³/mol. The fourth-order valence-corrected chi connectivity index (χ4v) is 4.40. The topological polar surface area (TPSA) is 64.6 Å². The molecule has 1 aliphatic rings. The standard InChI is InChI=1S/C21H20BrCl2NO4/c1-21(2)10-12-11(7-8-13(22)18(12)29-21)9-16(20(27)28-3)25-19(26)17-14(23)5-4-6-15(17)24/h4-8,16H,9-10H2,1-3H3,(H,25,26)/t16-/m0/s1. The largest absolute Gasteiger partial charge is 0.486 e. The molecule has 0 radical (unpaired) electrons. The van der Waals surface area contributed by atoms with Crippen molar-refractivity contribution in [3.8, 4) is 5.75 Å². The molecule has 0 saturated carbocycles. The zero-order valence-corrected chi connectivity index (χ0v) is 19.2. The van der Waals surface area contributed by atoms with Crippen LogP contribution in [-0.2, 0) is 22.4 Å². The van der Waals surface area contributed by atoms with E-state index in [2.05, 4.69) is 21.2 Å². The maximum Gasteiger partial charge on any atom is 0.328 e. The highest BCUT2D eigenvalue weighted by atomic mass is 79.9. The van der Waals surface area contributed by atoms with Crippen LogP contribution in [0.15, 0.2) is 34.8 Å². The summed E-state index contributed by atoms with van der Waals surface area (Å²) < 4.78 is 11.8. The van der Waals surface area contributed by atoms with Crippen molar-refractivity contribution in [2.24, 2.45) is 0 Å². The molecule has 5 nitrogen and oxygen atoms in total. The van der Waals surface area contributed by atoms with Crippen molar-refractivity contribution >= 4 is 51.0 Å². The van der Waals surface area contributed by atoms with Gasteiger partial charge in [-0.25, -0.2) is 4.79 Å². The molecule has 1 amide bonds. The SMILES string of the molecule is COC(=O)[C@H](Cc1ccc(Br)c2c1CC(C)(C)O2)NC(=O)c1c(Cl)cccc1Cl. The normalized spacial score (nSPS) is 15.2. The van der Waals surface area contributed by atoms with Crippen molar-refractivity contribution in [2.45, 2.75) is 38.3 Å². The molecule has 2 aromatic rings. The third kappa shape index (κ3) is 4.71. The molecule has 0 unspecified atom stereocenters. The summed E-state index contributed by atoms with van der Waals surface area (Å²) in [6.07, 6.45) is 0.935. The van der Waals surface area contributed by atoms with E-state index < -0.39 is 17.9 Å². The van der Waals surface area contributed by atoms with E-state index in [1.807, 2.05) is 26.0 Å². The molecule has 1 heterocycles. The molecular weight excluding hydrogens is 481 g/mol. The quantitative estimate of drug-likeness (QED) is 0.588. The summed E-state index contributed by atoms with van der Waals surface area (Å²) in [7, 11) is 1.28. The maximum atomic E-state index is 12.8. The number of esters is 1. The molecule has 0 fully saturated rings. The molecule has 1 N–H and O–H groups in total. The van der Waals surface area contributed by atoms with Crippen LogP contribution in [0.1, 0.15) is 35.3 Å². The van der Waals surface area contributed by atoms with Crippen molar-refractivity contribution in [2.75, 3.05) is 7.11 Å². The third-order valence-electron chi connectivity index (χ3n) is 4.70. The molecule has 29 heavy (non-hydrogen) atoms. The van der Waals surface area contributed by atoms with E-state index in [1.54, 1.807) is 18.2 Å². The Morgan fingerprint density at radius 1 is 1.24 bits per heavy atom. The number of hydrogen-bond acceptors (Lipinski definition) is 4. The molecule has 0 spiro atoms. The summed E-state index contributed by atoms with van der Waals surface area (Å²) in [6.45, 7) is 4.00. The number of fused-ring (bicyclic) bond motifs is 1. The summed E-state index contributed by atoms with van der Waals surface area (Å²) in [6, 6.07) is 7.66. The molecule has 0 bridgehead atoms. The highest BCUT2D eigenvalue weighted by Crippen LogP contribution is 2.42. The lowest BCUT2D eigenvalue weighted by molar-refractivity contribution is -0.142. The molecule has 0 saturated heterocycles. The molecule has 8 heteroatoms. The van der Waals surface area contributed by atoms with Gasteiger partial charge in [0.2, 0.25) is 0 Å². The Bertz CT molecular complexity index is 957. The van der Waals surface area contributed by atoms with Gasteiger partial charge in [-0.15, -0.1) is 0 Å². The second kappa shape index (κ2) is 8.54. The Morgan fingerprint density at radius 3 is 2.52 bits per heavy atom. The summed E-state index contributed by atoms with van der Waals surface area (Å²) >= 11 is 15.8. The predicted octanol–water partition coefficient (Wildman–Crippen LogP) is 4.98. The Kier molecular flexibility index (Phi) is 6.46. The first kappa shape index (κ1) is 21.9. The highest BCUT2D eigenvalue weighted by Gasteiger charge is 2.35. The number of hydrogen-bond donors (Lipinski definition) is 1. The number of nitrogens with one attached hydrogen (secondary N) is 1. The molecule has 154 valence electrons. The van der Waals surface area contributed by atoms with E-state index >= 15 is 0 Å². The molecule has 3 rings (SSSR count). The van der Waals surface area contributed by atoms with Gasteiger partial charge in [0, 0.05) is 18.4 Å². The van der Waals surface area contributed by atoms with Crippen LogP contribution < -0.4 is 10.1 Å². The lowest BCUT2D eigenvalue weighted by Crippen LogP contribution is -2.43. The Morgan fingerprint density at radius 2 is 1.90 bits per heavy atom. The van der Waals surface area contributed by atoms with Crippen LogP contribution in [0.2, 0.25) is 10.0 Å². The minimum Gasteiger partial charge on any atom is -0.486 e. The minimum absolute atomic E-state index is 0.121. The number of methoxy groups -OCH3 is 1. The van der Waals surface area contributed by atoms with Crippen LogP contribution in [0.4, 0.5) is 0 Å². The maximum absolute atomic E-state index is 12.8. The van der Waals surface area contributed by atoms with Crippen molar-refractivity contribution in [1.82, 2.24) is 5.32 Å². The van der Waals surface area contributed by atoms with Gasteiger partial charge in [0.25, 0.3) is 5.91 Å². The lowest BCUT2D eigenvalue weighted by atomic mass is 9.93. The van der Waals surface area contributed by atoms with Crippen LogP contribution in [-0.4, -0.2) is 30.6 Å². The van der Waals surface area contributed by atoms with Crippen LogP contribution in [0.5, 0.6) is 5.75 Å². The smallest absolute Gasteiger partial charge is 0.328 e. The van der Waals surface area contributed by atoms with Gasteiger partial charge >= 0.3 is 5.97 Å². The fraction of sp³-hybridized carbons (Fsp3) is 0.333. The Balaban J connectivity index is 1.90. The van der Waals surface area contributed by atoms with Gasteiger partial charge in [-0.05, 0) is 53.5 Å².